The Morgan fingerprint density at radius 3 is 2.27 bits per heavy atom. The lowest BCUT2D eigenvalue weighted by Gasteiger charge is -2.06. The van der Waals surface area contributed by atoms with E-state index < -0.39 is 0 Å². The molecule has 0 heterocycles. The maximum atomic E-state index is 11.9. The third kappa shape index (κ3) is 5.13. The van der Waals surface area contributed by atoms with Crippen molar-refractivity contribution in [3.63, 3.8) is 0 Å². The first-order valence-corrected chi connectivity index (χ1v) is 8.40. The van der Waals surface area contributed by atoms with E-state index >= 15 is 0 Å². The predicted octanol–water partition coefficient (Wildman–Crippen LogP) is 3.85. The van der Waals surface area contributed by atoms with Gasteiger partial charge in [-0.05, 0) is 60.5 Å². The van der Waals surface area contributed by atoms with Crippen molar-refractivity contribution >= 4 is 46.0 Å². The predicted molar refractivity (Wildman–Crippen MR) is 94.2 cm³/mol. The number of benzene rings is 2. The lowest BCUT2D eigenvalue weighted by molar-refractivity contribution is -0.109. The summed E-state index contributed by atoms with van der Waals surface area (Å²) in [5, 5.41) is -0.0495. The standard InChI is InChI=1S/C16H16N2O2S2/c1-11(19)21-10-16(20)12-2-6-14(7-3-12)18-22-15-8-4-13(17)5-9-15/h2-9,18H,10,17H2,1H3. The van der Waals surface area contributed by atoms with Crippen molar-refractivity contribution in [3.8, 4) is 0 Å². The van der Waals surface area contributed by atoms with Gasteiger partial charge in [0.2, 0.25) is 0 Å². The van der Waals surface area contributed by atoms with Crippen LogP contribution < -0.4 is 10.5 Å². The Labute approximate surface area is 138 Å². The van der Waals surface area contributed by atoms with E-state index in [1.807, 2.05) is 36.4 Å². The van der Waals surface area contributed by atoms with Crippen molar-refractivity contribution in [2.75, 3.05) is 16.2 Å². The SMILES string of the molecule is CC(=O)SCC(=O)c1ccc(NSc2ccc(N)cc2)cc1. The summed E-state index contributed by atoms with van der Waals surface area (Å²) >= 11 is 2.50. The van der Waals surface area contributed by atoms with Crippen molar-refractivity contribution in [1.82, 2.24) is 0 Å². The maximum absolute atomic E-state index is 11.9. The minimum atomic E-state index is -0.0495. The Balaban J connectivity index is 1.90. The number of ketones is 1. The molecular weight excluding hydrogens is 316 g/mol. The molecule has 0 unspecified atom stereocenters. The molecule has 0 bridgehead atoms. The summed E-state index contributed by atoms with van der Waals surface area (Å²) in [5.74, 6) is 0.139. The molecule has 4 nitrogen and oxygen atoms in total. The minimum absolute atomic E-state index is 0.0436. The summed E-state index contributed by atoms with van der Waals surface area (Å²) in [6.45, 7) is 1.46. The molecule has 0 atom stereocenters. The van der Waals surface area contributed by atoms with Crippen LogP contribution >= 0.6 is 23.7 Å². The Bertz CT molecular complexity index is 655. The van der Waals surface area contributed by atoms with Gasteiger partial charge in [0.25, 0.3) is 0 Å². The zero-order valence-corrected chi connectivity index (χ0v) is 13.7. The summed E-state index contributed by atoms with van der Waals surface area (Å²) < 4.78 is 3.20. The Hall–Kier alpha value is -1.92. The molecule has 0 fully saturated rings. The summed E-state index contributed by atoms with van der Waals surface area (Å²) in [4.78, 5) is 23.8. The first-order valence-electron chi connectivity index (χ1n) is 6.59. The van der Waals surface area contributed by atoms with Crippen LogP contribution in [-0.4, -0.2) is 16.7 Å². The molecule has 0 aliphatic carbocycles. The van der Waals surface area contributed by atoms with Gasteiger partial charge in [0.15, 0.2) is 10.9 Å². The van der Waals surface area contributed by atoms with Gasteiger partial charge in [-0.1, -0.05) is 11.8 Å². The fraction of sp³-hybridized carbons (Fsp3) is 0.125. The third-order valence-electron chi connectivity index (χ3n) is 2.78. The van der Waals surface area contributed by atoms with Crippen LogP contribution in [0.25, 0.3) is 0 Å². The molecule has 0 saturated heterocycles. The average Bonchev–Trinajstić information content (AvgIpc) is 2.52. The second kappa shape index (κ2) is 7.91. The van der Waals surface area contributed by atoms with Crippen LogP contribution in [0.1, 0.15) is 17.3 Å². The first kappa shape index (κ1) is 16.5. The molecule has 0 aliphatic heterocycles. The van der Waals surface area contributed by atoms with Gasteiger partial charge in [0.1, 0.15) is 0 Å². The highest BCUT2D eigenvalue weighted by molar-refractivity contribution is 8.14. The smallest absolute Gasteiger partial charge is 0.186 e. The number of hydrogen-bond donors (Lipinski definition) is 2. The monoisotopic (exact) mass is 332 g/mol. The Morgan fingerprint density at radius 2 is 1.68 bits per heavy atom. The third-order valence-corrected chi connectivity index (χ3v) is 4.44. The first-order chi connectivity index (χ1) is 10.5. The number of anilines is 2. The van der Waals surface area contributed by atoms with Crippen LogP contribution in [0.3, 0.4) is 0 Å². The quantitative estimate of drug-likeness (QED) is 0.475. The molecule has 0 radical (unpaired) electrons. The molecular formula is C16H16N2O2S2. The molecule has 0 spiro atoms. The number of Topliss-reactive ketones (excluding diaryl/α,β-unsaturated/α-hetero) is 1. The van der Waals surface area contributed by atoms with E-state index in [0.29, 0.717) is 5.56 Å². The number of nitrogens with two attached hydrogens (primary N) is 1. The van der Waals surface area contributed by atoms with Gasteiger partial charge < -0.3 is 10.5 Å². The van der Waals surface area contributed by atoms with E-state index in [9.17, 15) is 9.59 Å². The van der Waals surface area contributed by atoms with Crippen LogP contribution in [0.15, 0.2) is 53.4 Å². The zero-order valence-electron chi connectivity index (χ0n) is 12.0. The van der Waals surface area contributed by atoms with Gasteiger partial charge in [0.05, 0.1) is 5.75 Å². The Morgan fingerprint density at radius 1 is 1.05 bits per heavy atom. The lowest BCUT2D eigenvalue weighted by Crippen LogP contribution is -2.03. The number of nitrogens with one attached hydrogen (secondary N) is 1. The van der Waals surface area contributed by atoms with E-state index in [2.05, 4.69) is 4.72 Å². The highest BCUT2D eigenvalue weighted by Gasteiger charge is 2.07. The number of nitrogen functional groups attached to an aromatic ring is 1. The second-order valence-electron chi connectivity index (χ2n) is 4.55. The molecule has 114 valence electrons. The molecule has 0 amide bonds. The van der Waals surface area contributed by atoms with Crippen LogP contribution in [0, 0.1) is 0 Å². The van der Waals surface area contributed by atoms with Crippen molar-refractivity contribution in [3.05, 3.63) is 54.1 Å². The normalized spacial score (nSPS) is 10.2. The van der Waals surface area contributed by atoms with Gasteiger partial charge in [0, 0.05) is 28.8 Å². The summed E-state index contributed by atoms with van der Waals surface area (Å²) in [7, 11) is 0. The lowest BCUT2D eigenvalue weighted by atomic mass is 10.1. The molecule has 3 N–H and O–H groups in total. The van der Waals surface area contributed by atoms with E-state index in [1.54, 1.807) is 12.1 Å². The van der Waals surface area contributed by atoms with Gasteiger partial charge in [-0.15, -0.1) is 0 Å². The van der Waals surface area contributed by atoms with Crippen LogP contribution in [0.2, 0.25) is 0 Å². The highest BCUT2D eigenvalue weighted by Crippen LogP contribution is 2.22. The minimum Gasteiger partial charge on any atom is -0.399 e. The number of carbonyl (C=O) groups excluding carboxylic acids is 2. The van der Waals surface area contributed by atoms with Gasteiger partial charge in [-0.3, -0.25) is 9.59 Å². The topological polar surface area (TPSA) is 72.2 Å². The molecule has 0 aliphatic rings. The van der Waals surface area contributed by atoms with Crippen LogP contribution in [0.4, 0.5) is 11.4 Å². The van der Waals surface area contributed by atoms with Gasteiger partial charge >= 0.3 is 0 Å². The van der Waals surface area contributed by atoms with Crippen molar-refractivity contribution < 1.29 is 9.59 Å². The number of carbonyl (C=O) groups is 2. The Kier molecular flexibility index (Phi) is 5.91. The zero-order chi connectivity index (χ0) is 15.9. The average molecular weight is 332 g/mol. The summed E-state index contributed by atoms with van der Waals surface area (Å²) in [6, 6.07) is 14.8. The van der Waals surface area contributed by atoms with Crippen LogP contribution in [0.5, 0.6) is 0 Å². The fourth-order valence-corrected chi connectivity index (χ4v) is 2.77. The van der Waals surface area contributed by atoms with E-state index in [4.69, 9.17) is 5.73 Å². The van der Waals surface area contributed by atoms with Gasteiger partial charge in [-0.2, -0.15) is 0 Å². The molecule has 2 aromatic rings. The maximum Gasteiger partial charge on any atom is 0.186 e. The fourth-order valence-electron chi connectivity index (χ4n) is 1.63. The summed E-state index contributed by atoms with van der Waals surface area (Å²) in [5.41, 5.74) is 7.88. The highest BCUT2D eigenvalue weighted by atomic mass is 32.2. The largest absolute Gasteiger partial charge is 0.399 e. The molecule has 2 aromatic carbocycles. The summed E-state index contributed by atoms with van der Waals surface area (Å²) in [6.07, 6.45) is 0. The molecule has 2 rings (SSSR count). The molecule has 0 saturated carbocycles. The van der Waals surface area contributed by atoms with Crippen molar-refractivity contribution in [1.29, 1.82) is 0 Å². The van der Waals surface area contributed by atoms with Crippen molar-refractivity contribution in [2.45, 2.75) is 11.8 Å². The molecule has 0 aromatic heterocycles. The molecule has 6 heteroatoms. The number of hydrogen-bond acceptors (Lipinski definition) is 6. The molecule has 22 heavy (non-hydrogen) atoms. The van der Waals surface area contributed by atoms with Crippen molar-refractivity contribution in [2.24, 2.45) is 0 Å². The number of rotatable bonds is 6. The van der Waals surface area contributed by atoms with E-state index in [-0.39, 0.29) is 16.7 Å². The van der Waals surface area contributed by atoms with E-state index in [0.717, 1.165) is 28.0 Å². The van der Waals surface area contributed by atoms with Gasteiger partial charge in [-0.25, -0.2) is 0 Å². The van der Waals surface area contributed by atoms with Crippen LogP contribution in [-0.2, 0) is 4.79 Å². The second-order valence-corrected chi connectivity index (χ2v) is 6.59. The van der Waals surface area contributed by atoms with E-state index in [1.165, 1.54) is 18.9 Å². The number of thioether (sulfide) groups is 1.